The van der Waals surface area contributed by atoms with Crippen molar-refractivity contribution in [3.05, 3.63) is 71.8 Å². The minimum absolute atomic E-state index is 0.316. The van der Waals surface area contributed by atoms with Gasteiger partial charge in [-0.2, -0.15) is 0 Å². The third-order valence-electron chi connectivity index (χ3n) is 3.80. The molecule has 0 aliphatic carbocycles. The molecule has 0 heterocycles. The summed E-state index contributed by atoms with van der Waals surface area (Å²) in [5.41, 5.74) is 10.2. The molecule has 0 atom stereocenters. The third-order valence-corrected chi connectivity index (χ3v) is 5.25. The highest BCUT2D eigenvalue weighted by Gasteiger charge is 2.08. The molecule has 0 saturated heterocycles. The maximum absolute atomic E-state index is 11.5. The highest BCUT2D eigenvalue weighted by Crippen LogP contribution is 2.31. The summed E-state index contributed by atoms with van der Waals surface area (Å²) in [5.74, 6) is 0. The molecule has 3 rings (SSSR count). The number of hydrogen-bond acceptors (Lipinski definition) is 3. The van der Waals surface area contributed by atoms with Gasteiger partial charge < -0.3 is 5.73 Å². The van der Waals surface area contributed by atoms with Crippen molar-refractivity contribution >= 4 is 27.1 Å². The molecule has 3 aromatic carbocycles. The van der Waals surface area contributed by atoms with Gasteiger partial charge in [-0.05, 0) is 41.0 Å². The van der Waals surface area contributed by atoms with Crippen molar-refractivity contribution in [3.8, 4) is 22.3 Å². The lowest BCUT2D eigenvalue weighted by atomic mass is 10.0. The molecule has 0 fully saturated rings. The van der Waals surface area contributed by atoms with Crippen LogP contribution in [-0.2, 0) is 9.84 Å². The fourth-order valence-corrected chi connectivity index (χ4v) is 3.43. The first-order valence-electron chi connectivity index (χ1n) is 7.30. The van der Waals surface area contributed by atoms with Crippen LogP contribution in [0, 0.1) is 0 Å². The van der Waals surface area contributed by atoms with Crippen LogP contribution >= 0.6 is 11.6 Å². The summed E-state index contributed by atoms with van der Waals surface area (Å²) < 4.78 is 23.0. The highest BCUT2D eigenvalue weighted by atomic mass is 35.5. The minimum Gasteiger partial charge on any atom is -0.399 e. The summed E-state index contributed by atoms with van der Waals surface area (Å²) in [5, 5.41) is 0.611. The number of nitrogens with two attached hydrogens (primary N) is 1. The van der Waals surface area contributed by atoms with Crippen LogP contribution in [0.5, 0.6) is 0 Å². The molecule has 3 aromatic rings. The van der Waals surface area contributed by atoms with Gasteiger partial charge in [0.05, 0.1) is 9.92 Å². The molecule has 0 unspecified atom stereocenters. The number of benzene rings is 3. The Balaban J connectivity index is 1.92. The zero-order valence-electron chi connectivity index (χ0n) is 13.0. The molecule has 122 valence electrons. The van der Waals surface area contributed by atoms with Gasteiger partial charge in [-0.15, -0.1) is 0 Å². The van der Waals surface area contributed by atoms with E-state index in [1.165, 1.54) is 6.26 Å². The van der Waals surface area contributed by atoms with Crippen LogP contribution in [0.3, 0.4) is 0 Å². The number of nitrogen functional groups attached to an aromatic ring is 1. The summed E-state index contributed by atoms with van der Waals surface area (Å²) >= 11 is 6.24. The van der Waals surface area contributed by atoms with Crippen molar-refractivity contribution < 1.29 is 8.42 Å². The Morgan fingerprint density at radius 3 is 1.79 bits per heavy atom. The van der Waals surface area contributed by atoms with E-state index in [0.29, 0.717) is 15.6 Å². The number of halogens is 1. The minimum atomic E-state index is -3.18. The maximum atomic E-state index is 11.5. The predicted molar refractivity (Wildman–Crippen MR) is 99.8 cm³/mol. The zero-order valence-corrected chi connectivity index (χ0v) is 14.6. The molecule has 0 aliphatic rings. The van der Waals surface area contributed by atoms with Gasteiger partial charge in [0.15, 0.2) is 9.84 Å². The fourth-order valence-electron chi connectivity index (χ4n) is 2.50. The van der Waals surface area contributed by atoms with E-state index in [1.54, 1.807) is 18.2 Å². The maximum Gasteiger partial charge on any atom is 0.175 e. The van der Waals surface area contributed by atoms with Crippen LogP contribution in [0.1, 0.15) is 0 Å². The quantitative estimate of drug-likeness (QED) is 0.693. The second-order valence-corrected chi connectivity index (χ2v) is 8.04. The van der Waals surface area contributed by atoms with Crippen molar-refractivity contribution in [1.82, 2.24) is 0 Å². The first-order chi connectivity index (χ1) is 11.3. The van der Waals surface area contributed by atoms with Crippen LogP contribution in [0.25, 0.3) is 22.3 Å². The molecule has 0 spiro atoms. The SMILES string of the molecule is CS(=O)(=O)c1ccc(-c2ccc(-c3ccc(N)cc3Cl)cc2)cc1. The van der Waals surface area contributed by atoms with Gasteiger partial charge in [0.1, 0.15) is 0 Å². The lowest BCUT2D eigenvalue weighted by Gasteiger charge is -2.08. The van der Waals surface area contributed by atoms with Crippen molar-refractivity contribution in [2.45, 2.75) is 4.90 Å². The molecule has 24 heavy (non-hydrogen) atoms. The molecule has 0 amide bonds. The summed E-state index contributed by atoms with van der Waals surface area (Å²) in [6.45, 7) is 0. The Bertz CT molecular complexity index is 979. The Morgan fingerprint density at radius 1 is 0.792 bits per heavy atom. The van der Waals surface area contributed by atoms with E-state index in [-0.39, 0.29) is 0 Å². The van der Waals surface area contributed by atoms with Crippen LogP contribution < -0.4 is 5.73 Å². The number of rotatable bonds is 3. The van der Waals surface area contributed by atoms with Crippen LogP contribution in [0.15, 0.2) is 71.6 Å². The summed E-state index contributed by atoms with van der Waals surface area (Å²) in [6, 6.07) is 20.2. The van der Waals surface area contributed by atoms with Crippen LogP contribution in [0.4, 0.5) is 5.69 Å². The average Bonchev–Trinajstić information content (AvgIpc) is 2.54. The smallest absolute Gasteiger partial charge is 0.175 e. The number of hydrogen-bond donors (Lipinski definition) is 1. The first kappa shape index (κ1) is 16.6. The van der Waals surface area contributed by atoms with E-state index in [4.69, 9.17) is 17.3 Å². The van der Waals surface area contributed by atoms with E-state index in [1.807, 2.05) is 48.5 Å². The second kappa shape index (κ2) is 6.30. The Kier molecular flexibility index (Phi) is 4.35. The topological polar surface area (TPSA) is 60.2 Å². The van der Waals surface area contributed by atoms with E-state index in [0.717, 1.165) is 22.3 Å². The van der Waals surface area contributed by atoms with Crippen molar-refractivity contribution in [2.24, 2.45) is 0 Å². The third kappa shape index (κ3) is 3.45. The normalized spacial score (nSPS) is 11.4. The van der Waals surface area contributed by atoms with Crippen LogP contribution in [-0.4, -0.2) is 14.7 Å². The zero-order chi connectivity index (χ0) is 17.3. The fraction of sp³-hybridized carbons (Fsp3) is 0.0526. The molecule has 3 nitrogen and oxygen atoms in total. The summed E-state index contributed by atoms with van der Waals surface area (Å²) in [6.07, 6.45) is 1.20. The standard InChI is InChI=1S/C19H16ClNO2S/c1-24(22,23)17-9-6-14(7-10-17)13-2-4-15(5-3-13)18-11-8-16(21)12-19(18)20/h2-12H,21H2,1H3. The Hall–Kier alpha value is -2.30. The van der Waals surface area contributed by atoms with Crippen molar-refractivity contribution in [1.29, 1.82) is 0 Å². The molecule has 0 radical (unpaired) electrons. The molecule has 2 N–H and O–H groups in total. The molecular weight excluding hydrogens is 342 g/mol. The van der Waals surface area contributed by atoms with E-state index in [2.05, 4.69) is 0 Å². The largest absolute Gasteiger partial charge is 0.399 e. The second-order valence-electron chi connectivity index (χ2n) is 5.61. The lowest BCUT2D eigenvalue weighted by Crippen LogP contribution is -1.96. The highest BCUT2D eigenvalue weighted by molar-refractivity contribution is 7.90. The Labute approximate surface area is 146 Å². The number of sulfone groups is 1. The van der Waals surface area contributed by atoms with Gasteiger partial charge in [-0.3, -0.25) is 0 Å². The van der Waals surface area contributed by atoms with E-state index >= 15 is 0 Å². The molecule has 0 aliphatic heterocycles. The van der Waals surface area contributed by atoms with Gasteiger partial charge in [0, 0.05) is 17.5 Å². The van der Waals surface area contributed by atoms with Gasteiger partial charge in [0.25, 0.3) is 0 Å². The first-order valence-corrected chi connectivity index (χ1v) is 9.57. The van der Waals surface area contributed by atoms with E-state index < -0.39 is 9.84 Å². The van der Waals surface area contributed by atoms with Crippen LogP contribution in [0.2, 0.25) is 5.02 Å². The predicted octanol–water partition coefficient (Wildman–Crippen LogP) is 4.66. The molecule has 5 heteroatoms. The molecule has 0 saturated carbocycles. The monoisotopic (exact) mass is 357 g/mol. The van der Waals surface area contributed by atoms with Gasteiger partial charge in [-0.25, -0.2) is 8.42 Å². The van der Waals surface area contributed by atoms with Crippen molar-refractivity contribution in [3.63, 3.8) is 0 Å². The molecule has 0 aromatic heterocycles. The lowest BCUT2D eigenvalue weighted by molar-refractivity contribution is 0.602. The van der Waals surface area contributed by atoms with E-state index in [9.17, 15) is 8.42 Å². The summed E-state index contributed by atoms with van der Waals surface area (Å²) in [4.78, 5) is 0.316. The number of anilines is 1. The van der Waals surface area contributed by atoms with Crippen molar-refractivity contribution in [2.75, 3.05) is 12.0 Å². The summed E-state index contributed by atoms with van der Waals surface area (Å²) in [7, 11) is -3.18. The molecule has 0 bridgehead atoms. The average molecular weight is 358 g/mol. The van der Waals surface area contributed by atoms with Gasteiger partial charge >= 0.3 is 0 Å². The van der Waals surface area contributed by atoms with Gasteiger partial charge in [-0.1, -0.05) is 54.1 Å². The Morgan fingerprint density at radius 2 is 1.29 bits per heavy atom. The van der Waals surface area contributed by atoms with Gasteiger partial charge in [0.2, 0.25) is 0 Å². The molecular formula is C19H16ClNO2S.